The lowest BCUT2D eigenvalue weighted by Crippen LogP contribution is -2.54. The first-order chi connectivity index (χ1) is 15.2. The maximum atomic E-state index is 13.7. The first kappa shape index (κ1) is 26.6. The first-order valence-corrected chi connectivity index (χ1v) is 12.5. The van der Waals surface area contributed by atoms with Crippen molar-refractivity contribution < 1.29 is 22.4 Å². The van der Waals surface area contributed by atoms with Crippen molar-refractivity contribution in [1.29, 1.82) is 0 Å². The maximum Gasteiger partial charge on any atom is 0.244 e. The lowest BCUT2D eigenvalue weighted by atomic mass is 10.1. The van der Waals surface area contributed by atoms with E-state index in [1.54, 1.807) is 31.2 Å². The van der Waals surface area contributed by atoms with Crippen LogP contribution in [0.25, 0.3) is 0 Å². The van der Waals surface area contributed by atoms with E-state index in [0.717, 1.165) is 16.6 Å². The van der Waals surface area contributed by atoms with E-state index in [1.807, 2.05) is 20.8 Å². The van der Waals surface area contributed by atoms with E-state index in [-0.39, 0.29) is 12.2 Å². The van der Waals surface area contributed by atoms with Crippen LogP contribution < -0.4 is 9.62 Å². The molecule has 10 heteroatoms. The number of carbonyl (C=O) groups is 2. The molecule has 2 rings (SSSR count). The number of hydrogen-bond donors (Lipinski definition) is 1. The van der Waals surface area contributed by atoms with Crippen LogP contribution in [0.1, 0.15) is 33.3 Å². The van der Waals surface area contributed by atoms with Crippen molar-refractivity contribution in [3.05, 3.63) is 64.9 Å². The molecule has 0 saturated heterocycles. The van der Waals surface area contributed by atoms with Crippen molar-refractivity contribution in [3.63, 3.8) is 0 Å². The third-order valence-corrected chi connectivity index (χ3v) is 6.06. The van der Waals surface area contributed by atoms with E-state index in [4.69, 9.17) is 11.6 Å². The van der Waals surface area contributed by atoms with E-state index in [0.29, 0.717) is 10.6 Å². The monoisotopic (exact) mass is 497 g/mol. The number of rotatable bonds is 8. The molecule has 2 amide bonds. The number of anilines is 1. The highest BCUT2D eigenvalue weighted by molar-refractivity contribution is 7.92. The molecule has 0 heterocycles. The molecule has 0 aromatic heterocycles. The minimum atomic E-state index is -3.92. The molecule has 0 radical (unpaired) electrons. The molecule has 7 nitrogen and oxygen atoms in total. The van der Waals surface area contributed by atoms with Crippen molar-refractivity contribution >= 4 is 39.1 Å². The standard InChI is InChI=1S/C23H29ClFN3O4S/c1-16(22(30)26-23(2,3)4)27(14-17-8-6-9-18(24)12-17)21(29)15-28(33(5,31)32)20-11-7-10-19(25)13-20/h6-13,16H,14-15H2,1-5H3,(H,26,30)/t16-/m0/s1. The summed E-state index contributed by atoms with van der Waals surface area (Å²) in [5, 5.41) is 3.30. The minimum Gasteiger partial charge on any atom is -0.350 e. The molecule has 0 aliphatic carbocycles. The number of sulfonamides is 1. The Bertz CT molecular complexity index is 1120. The van der Waals surface area contributed by atoms with E-state index in [9.17, 15) is 22.4 Å². The van der Waals surface area contributed by atoms with Gasteiger partial charge < -0.3 is 10.2 Å². The average Bonchev–Trinajstić information content (AvgIpc) is 2.67. The van der Waals surface area contributed by atoms with Crippen LogP contribution >= 0.6 is 11.6 Å². The van der Waals surface area contributed by atoms with Gasteiger partial charge in [-0.2, -0.15) is 0 Å². The van der Waals surface area contributed by atoms with Gasteiger partial charge in [0.1, 0.15) is 18.4 Å². The van der Waals surface area contributed by atoms with Crippen LogP contribution in [0.15, 0.2) is 48.5 Å². The predicted octanol–water partition coefficient (Wildman–Crippen LogP) is 3.58. The number of nitrogens with one attached hydrogen (secondary N) is 1. The summed E-state index contributed by atoms with van der Waals surface area (Å²) in [6.07, 6.45) is 0.933. The van der Waals surface area contributed by atoms with Crippen molar-refractivity contribution in [2.24, 2.45) is 0 Å². The van der Waals surface area contributed by atoms with Crippen LogP contribution in [0.5, 0.6) is 0 Å². The molecule has 0 spiro atoms. The molecule has 180 valence electrons. The second-order valence-corrected chi connectivity index (χ2v) is 11.2. The second kappa shape index (κ2) is 10.5. The summed E-state index contributed by atoms with van der Waals surface area (Å²) in [5.41, 5.74) is 0.152. The number of amides is 2. The Labute approximate surface area is 199 Å². The van der Waals surface area contributed by atoms with Crippen LogP contribution in [-0.2, 0) is 26.2 Å². The largest absolute Gasteiger partial charge is 0.350 e. The minimum absolute atomic E-state index is 0.0142. The van der Waals surface area contributed by atoms with E-state index >= 15 is 0 Å². The number of nitrogens with zero attached hydrogens (tertiary/aromatic N) is 2. The first-order valence-electron chi connectivity index (χ1n) is 10.3. The Morgan fingerprint density at radius 1 is 1.12 bits per heavy atom. The summed E-state index contributed by atoms with van der Waals surface area (Å²) in [4.78, 5) is 27.5. The molecule has 1 atom stereocenters. The highest BCUT2D eigenvalue weighted by atomic mass is 35.5. The molecule has 0 fully saturated rings. The normalized spacial score (nSPS) is 12.7. The summed E-state index contributed by atoms with van der Waals surface area (Å²) >= 11 is 6.07. The zero-order valence-corrected chi connectivity index (χ0v) is 20.9. The van der Waals surface area contributed by atoms with Gasteiger partial charge in [0.15, 0.2) is 0 Å². The Balaban J connectivity index is 2.41. The van der Waals surface area contributed by atoms with Crippen LogP contribution in [0.3, 0.4) is 0 Å². The van der Waals surface area contributed by atoms with Crippen molar-refractivity contribution in [1.82, 2.24) is 10.2 Å². The fourth-order valence-electron chi connectivity index (χ4n) is 3.13. The Morgan fingerprint density at radius 2 is 1.76 bits per heavy atom. The summed E-state index contributed by atoms with van der Waals surface area (Å²) in [5.74, 6) is -1.65. The fourth-order valence-corrected chi connectivity index (χ4v) is 4.19. The lowest BCUT2D eigenvalue weighted by Gasteiger charge is -2.33. The number of carbonyl (C=O) groups excluding carboxylic acids is 2. The lowest BCUT2D eigenvalue weighted by molar-refractivity contribution is -0.140. The van der Waals surface area contributed by atoms with Crippen LogP contribution in [-0.4, -0.2) is 49.5 Å². The molecule has 0 bridgehead atoms. The van der Waals surface area contributed by atoms with Gasteiger partial charge in [-0.05, 0) is 63.6 Å². The zero-order valence-electron chi connectivity index (χ0n) is 19.3. The van der Waals surface area contributed by atoms with Crippen LogP contribution in [0.4, 0.5) is 10.1 Å². The summed E-state index contributed by atoms with van der Waals surface area (Å²) in [6.45, 7) is 6.44. The smallest absolute Gasteiger partial charge is 0.244 e. The molecule has 0 aliphatic heterocycles. The quantitative estimate of drug-likeness (QED) is 0.604. The summed E-state index contributed by atoms with van der Waals surface area (Å²) in [6, 6.07) is 10.9. The van der Waals surface area contributed by atoms with E-state index in [2.05, 4.69) is 5.32 Å². The third-order valence-electron chi connectivity index (χ3n) is 4.68. The maximum absolute atomic E-state index is 13.7. The SMILES string of the molecule is C[C@@H](C(=O)NC(C)(C)C)N(Cc1cccc(Cl)c1)C(=O)CN(c1cccc(F)c1)S(C)(=O)=O. The number of benzene rings is 2. The zero-order chi connectivity index (χ0) is 25.0. The fraction of sp³-hybridized carbons (Fsp3) is 0.391. The van der Waals surface area contributed by atoms with E-state index in [1.165, 1.54) is 23.1 Å². The predicted molar refractivity (Wildman–Crippen MR) is 128 cm³/mol. The van der Waals surface area contributed by atoms with Gasteiger partial charge in [-0.1, -0.05) is 29.8 Å². The molecule has 0 unspecified atom stereocenters. The topological polar surface area (TPSA) is 86.8 Å². The van der Waals surface area contributed by atoms with Gasteiger partial charge in [0.25, 0.3) is 0 Å². The van der Waals surface area contributed by atoms with Crippen LogP contribution in [0, 0.1) is 5.82 Å². The van der Waals surface area contributed by atoms with Crippen molar-refractivity contribution in [2.75, 3.05) is 17.1 Å². The van der Waals surface area contributed by atoms with Crippen molar-refractivity contribution in [2.45, 2.75) is 45.8 Å². The van der Waals surface area contributed by atoms with Gasteiger partial charge in [-0.25, -0.2) is 12.8 Å². The highest BCUT2D eigenvalue weighted by Crippen LogP contribution is 2.21. The van der Waals surface area contributed by atoms with Crippen molar-refractivity contribution in [3.8, 4) is 0 Å². The molecule has 2 aromatic rings. The summed E-state index contributed by atoms with van der Waals surface area (Å²) < 4.78 is 39.4. The summed E-state index contributed by atoms with van der Waals surface area (Å²) in [7, 11) is -3.92. The molecule has 0 aliphatic rings. The molecule has 0 saturated carbocycles. The van der Waals surface area contributed by atoms with Gasteiger partial charge >= 0.3 is 0 Å². The average molecular weight is 498 g/mol. The third kappa shape index (κ3) is 8.01. The van der Waals surface area contributed by atoms with Gasteiger partial charge in [-0.3, -0.25) is 13.9 Å². The van der Waals surface area contributed by atoms with Crippen LogP contribution in [0.2, 0.25) is 5.02 Å². The Kier molecular flexibility index (Phi) is 8.48. The molecule has 1 N–H and O–H groups in total. The van der Waals surface area contributed by atoms with Gasteiger partial charge in [0.2, 0.25) is 21.8 Å². The molecule has 2 aromatic carbocycles. The van der Waals surface area contributed by atoms with Gasteiger partial charge in [0, 0.05) is 17.1 Å². The Hall–Kier alpha value is -2.65. The van der Waals surface area contributed by atoms with E-state index < -0.39 is 45.8 Å². The number of hydrogen-bond acceptors (Lipinski definition) is 4. The molecular weight excluding hydrogens is 469 g/mol. The second-order valence-electron chi connectivity index (χ2n) is 8.82. The molecule has 33 heavy (non-hydrogen) atoms. The highest BCUT2D eigenvalue weighted by Gasteiger charge is 2.31. The van der Waals surface area contributed by atoms with Gasteiger partial charge in [-0.15, -0.1) is 0 Å². The Morgan fingerprint density at radius 3 is 2.30 bits per heavy atom. The van der Waals surface area contributed by atoms with Gasteiger partial charge in [0.05, 0.1) is 11.9 Å². The number of halogens is 2. The molecular formula is C23H29ClFN3O4S.